The maximum atomic E-state index is 13.1. The number of carbonyl (C=O) groups excluding carboxylic acids is 1. The molecule has 0 aliphatic rings. The standard InChI is InChI=1S/C8H8BrFN2O/c9-4-2-1-3-5(10)6(4)7(11)8(12)13/h1-3,7H,11H2,(H2,12,13). The quantitative estimate of drug-likeness (QED) is 0.820. The lowest BCUT2D eigenvalue weighted by Crippen LogP contribution is -2.29. The molecule has 1 aromatic carbocycles. The van der Waals surface area contributed by atoms with Crippen molar-refractivity contribution in [1.29, 1.82) is 0 Å². The second-order valence-electron chi connectivity index (χ2n) is 2.52. The molecule has 3 nitrogen and oxygen atoms in total. The molecule has 0 fully saturated rings. The number of carbonyl (C=O) groups is 1. The lowest BCUT2D eigenvalue weighted by atomic mass is 10.1. The number of primary amides is 1. The zero-order chi connectivity index (χ0) is 10.0. The molecule has 1 rings (SSSR count). The predicted octanol–water partition coefficient (Wildman–Crippen LogP) is 1.07. The molecule has 0 bridgehead atoms. The Bertz CT molecular complexity index is 323. The fourth-order valence-corrected chi connectivity index (χ4v) is 1.54. The zero-order valence-electron chi connectivity index (χ0n) is 6.63. The Morgan fingerprint density at radius 2 is 2.15 bits per heavy atom. The Kier molecular flexibility index (Phi) is 3.00. The molecule has 1 aromatic rings. The van der Waals surface area contributed by atoms with Crippen molar-refractivity contribution >= 4 is 21.8 Å². The summed E-state index contributed by atoms with van der Waals surface area (Å²) in [5.41, 5.74) is 10.4. The van der Waals surface area contributed by atoms with Crippen LogP contribution in [0.5, 0.6) is 0 Å². The number of rotatable bonds is 2. The van der Waals surface area contributed by atoms with Gasteiger partial charge in [0.15, 0.2) is 0 Å². The van der Waals surface area contributed by atoms with E-state index in [1.54, 1.807) is 6.07 Å². The summed E-state index contributed by atoms with van der Waals surface area (Å²) in [6.07, 6.45) is 0. The minimum absolute atomic E-state index is 0.0926. The molecule has 0 heterocycles. The van der Waals surface area contributed by atoms with Gasteiger partial charge in [-0.1, -0.05) is 22.0 Å². The summed E-state index contributed by atoms with van der Waals surface area (Å²) in [6.45, 7) is 0. The van der Waals surface area contributed by atoms with Crippen LogP contribution >= 0.6 is 15.9 Å². The molecule has 0 spiro atoms. The van der Waals surface area contributed by atoms with Crippen molar-refractivity contribution in [3.63, 3.8) is 0 Å². The van der Waals surface area contributed by atoms with Gasteiger partial charge < -0.3 is 11.5 Å². The average molecular weight is 247 g/mol. The van der Waals surface area contributed by atoms with Crippen LogP contribution in [-0.4, -0.2) is 5.91 Å². The largest absolute Gasteiger partial charge is 0.368 e. The van der Waals surface area contributed by atoms with Gasteiger partial charge >= 0.3 is 0 Å². The van der Waals surface area contributed by atoms with Gasteiger partial charge in [-0.25, -0.2) is 4.39 Å². The molecule has 0 aromatic heterocycles. The topological polar surface area (TPSA) is 69.1 Å². The van der Waals surface area contributed by atoms with Gasteiger partial charge in [0.05, 0.1) is 0 Å². The lowest BCUT2D eigenvalue weighted by Gasteiger charge is -2.10. The molecule has 0 saturated heterocycles. The summed E-state index contributed by atoms with van der Waals surface area (Å²) in [6, 6.07) is 3.22. The third-order valence-electron chi connectivity index (χ3n) is 1.62. The molecule has 1 amide bonds. The van der Waals surface area contributed by atoms with Crippen LogP contribution in [0.15, 0.2) is 22.7 Å². The van der Waals surface area contributed by atoms with Crippen LogP contribution in [0.2, 0.25) is 0 Å². The highest BCUT2D eigenvalue weighted by Crippen LogP contribution is 2.24. The highest BCUT2D eigenvalue weighted by molar-refractivity contribution is 9.10. The first-order chi connectivity index (χ1) is 6.04. The van der Waals surface area contributed by atoms with Gasteiger partial charge in [0.1, 0.15) is 11.9 Å². The van der Waals surface area contributed by atoms with Gasteiger partial charge in [0.2, 0.25) is 5.91 Å². The minimum Gasteiger partial charge on any atom is -0.368 e. The summed E-state index contributed by atoms with van der Waals surface area (Å²) >= 11 is 3.09. The smallest absolute Gasteiger partial charge is 0.239 e. The Balaban J connectivity index is 3.20. The van der Waals surface area contributed by atoms with Crippen molar-refractivity contribution in [3.8, 4) is 0 Å². The number of hydrogen-bond donors (Lipinski definition) is 2. The Morgan fingerprint density at radius 3 is 2.62 bits per heavy atom. The molecular weight excluding hydrogens is 239 g/mol. The highest BCUT2D eigenvalue weighted by Gasteiger charge is 2.19. The van der Waals surface area contributed by atoms with E-state index in [2.05, 4.69) is 15.9 Å². The lowest BCUT2D eigenvalue weighted by molar-refractivity contribution is -0.119. The van der Waals surface area contributed by atoms with Gasteiger partial charge in [0, 0.05) is 10.0 Å². The van der Waals surface area contributed by atoms with Crippen LogP contribution < -0.4 is 11.5 Å². The number of amides is 1. The molecular formula is C8H8BrFN2O. The van der Waals surface area contributed by atoms with E-state index < -0.39 is 17.8 Å². The van der Waals surface area contributed by atoms with Crippen molar-refractivity contribution in [1.82, 2.24) is 0 Å². The monoisotopic (exact) mass is 246 g/mol. The molecule has 5 heteroatoms. The Morgan fingerprint density at radius 1 is 1.54 bits per heavy atom. The van der Waals surface area contributed by atoms with Crippen molar-refractivity contribution in [3.05, 3.63) is 34.1 Å². The van der Waals surface area contributed by atoms with E-state index in [1.807, 2.05) is 0 Å². The van der Waals surface area contributed by atoms with Crippen LogP contribution in [0.1, 0.15) is 11.6 Å². The number of benzene rings is 1. The van der Waals surface area contributed by atoms with Crippen LogP contribution in [0.25, 0.3) is 0 Å². The molecule has 13 heavy (non-hydrogen) atoms. The Hall–Kier alpha value is -0.940. The SMILES string of the molecule is NC(=O)C(N)c1c(F)cccc1Br. The number of nitrogens with two attached hydrogens (primary N) is 2. The third-order valence-corrected chi connectivity index (χ3v) is 2.31. The number of hydrogen-bond acceptors (Lipinski definition) is 2. The van der Waals surface area contributed by atoms with Gasteiger partial charge in [-0.2, -0.15) is 0 Å². The Labute approximate surface area is 83.0 Å². The first-order valence-corrected chi connectivity index (χ1v) is 4.32. The van der Waals surface area contributed by atoms with E-state index in [0.717, 1.165) is 0 Å². The summed E-state index contributed by atoms with van der Waals surface area (Å²) in [5.74, 6) is -1.30. The normalized spacial score (nSPS) is 12.5. The molecule has 0 saturated carbocycles. The van der Waals surface area contributed by atoms with Crippen molar-refractivity contribution in [2.45, 2.75) is 6.04 Å². The van der Waals surface area contributed by atoms with Gasteiger partial charge in [-0.15, -0.1) is 0 Å². The van der Waals surface area contributed by atoms with Crippen molar-refractivity contribution < 1.29 is 9.18 Å². The fourth-order valence-electron chi connectivity index (χ4n) is 0.950. The van der Waals surface area contributed by atoms with Crippen molar-refractivity contribution in [2.24, 2.45) is 11.5 Å². The minimum atomic E-state index is -1.12. The van der Waals surface area contributed by atoms with Crippen molar-refractivity contribution in [2.75, 3.05) is 0 Å². The summed E-state index contributed by atoms with van der Waals surface area (Å²) in [7, 11) is 0. The van der Waals surface area contributed by atoms with Crippen LogP contribution in [-0.2, 0) is 4.79 Å². The maximum absolute atomic E-state index is 13.1. The molecule has 70 valence electrons. The number of halogens is 2. The second kappa shape index (κ2) is 3.85. The van der Waals surface area contributed by atoms with E-state index in [-0.39, 0.29) is 5.56 Å². The second-order valence-corrected chi connectivity index (χ2v) is 3.37. The van der Waals surface area contributed by atoms with Gasteiger partial charge in [0.25, 0.3) is 0 Å². The molecule has 0 aliphatic carbocycles. The van der Waals surface area contributed by atoms with E-state index in [4.69, 9.17) is 11.5 Å². The van der Waals surface area contributed by atoms with Gasteiger partial charge in [-0.05, 0) is 12.1 Å². The summed E-state index contributed by atoms with van der Waals surface area (Å²) in [4.78, 5) is 10.7. The first-order valence-electron chi connectivity index (χ1n) is 3.53. The summed E-state index contributed by atoms with van der Waals surface area (Å²) < 4.78 is 13.6. The molecule has 1 unspecified atom stereocenters. The molecule has 1 atom stereocenters. The third kappa shape index (κ3) is 2.05. The fraction of sp³-hybridized carbons (Fsp3) is 0.125. The predicted molar refractivity (Wildman–Crippen MR) is 50.2 cm³/mol. The van der Waals surface area contributed by atoms with E-state index in [9.17, 15) is 9.18 Å². The van der Waals surface area contributed by atoms with Gasteiger partial charge in [-0.3, -0.25) is 4.79 Å². The van der Waals surface area contributed by atoms with E-state index in [0.29, 0.717) is 4.47 Å². The van der Waals surface area contributed by atoms with E-state index in [1.165, 1.54) is 12.1 Å². The molecule has 4 N–H and O–H groups in total. The van der Waals surface area contributed by atoms with E-state index >= 15 is 0 Å². The van der Waals surface area contributed by atoms with Crippen LogP contribution in [0.4, 0.5) is 4.39 Å². The molecule has 0 aliphatic heterocycles. The van der Waals surface area contributed by atoms with Crippen LogP contribution in [0, 0.1) is 5.82 Å². The zero-order valence-corrected chi connectivity index (χ0v) is 8.21. The molecule has 0 radical (unpaired) electrons. The van der Waals surface area contributed by atoms with Crippen LogP contribution in [0.3, 0.4) is 0 Å². The maximum Gasteiger partial charge on any atom is 0.239 e. The average Bonchev–Trinajstić information content (AvgIpc) is 2.03. The first kappa shape index (κ1) is 10.1. The highest BCUT2D eigenvalue weighted by atomic mass is 79.9. The summed E-state index contributed by atoms with van der Waals surface area (Å²) in [5, 5.41) is 0.